The van der Waals surface area contributed by atoms with Crippen molar-refractivity contribution in [2.45, 2.75) is 6.54 Å². The number of para-hydroxylation sites is 2. The first-order valence-electron chi connectivity index (χ1n) is 9.98. The molecule has 8 nitrogen and oxygen atoms in total. The average Bonchev–Trinajstić information content (AvgIpc) is 2.81. The van der Waals surface area contributed by atoms with Gasteiger partial charge in [-0.25, -0.2) is 10.1 Å². The summed E-state index contributed by atoms with van der Waals surface area (Å²) in [6.45, 7) is 0.863. The van der Waals surface area contributed by atoms with E-state index in [1.807, 2.05) is 60.7 Å². The summed E-state index contributed by atoms with van der Waals surface area (Å²) in [4.78, 5) is 10.4. The molecule has 0 aliphatic rings. The molecule has 0 radical (unpaired) electrons. The lowest BCUT2D eigenvalue weighted by atomic mass is 10.2. The maximum atomic E-state index is 12.2. The number of quaternary nitrogens is 2. The van der Waals surface area contributed by atoms with Crippen LogP contribution in [0.25, 0.3) is 0 Å². The minimum absolute atomic E-state index is 0.0591. The van der Waals surface area contributed by atoms with Crippen molar-refractivity contribution in [2.24, 2.45) is 0 Å². The first kappa shape index (κ1) is 22.7. The van der Waals surface area contributed by atoms with Crippen LogP contribution in [0.1, 0.15) is 5.56 Å². The van der Waals surface area contributed by atoms with Crippen molar-refractivity contribution >= 4 is 5.69 Å². The van der Waals surface area contributed by atoms with E-state index in [2.05, 4.69) is 0 Å². The van der Waals surface area contributed by atoms with Crippen molar-refractivity contribution in [3.8, 4) is 11.5 Å². The zero-order chi connectivity index (χ0) is 21.7. The Hall–Kier alpha value is -2.98. The van der Waals surface area contributed by atoms with Crippen molar-refractivity contribution in [2.75, 3.05) is 26.4 Å². The molecule has 0 aliphatic heterocycles. The van der Waals surface area contributed by atoms with E-state index in [-0.39, 0.29) is 33.0 Å². The van der Waals surface area contributed by atoms with Gasteiger partial charge in [-0.1, -0.05) is 48.5 Å². The van der Waals surface area contributed by atoms with Crippen LogP contribution in [-0.4, -0.2) is 26.4 Å². The van der Waals surface area contributed by atoms with E-state index >= 15 is 0 Å². The Morgan fingerprint density at radius 2 is 1.19 bits per heavy atom. The van der Waals surface area contributed by atoms with Gasteiger partial charge < -0.3 is 19.9 Å². The van der Waals surface area contributed by atoms with Gasteiger partial charge in [-0.3, -0.25) is 0 Å². The zero-order valence-corrected chi connectivity index (χ0v) is 17.1. The predicted octanol–water partition coefficient (Wildman–Crippen LogP) is 1.60. The van der Waals surface area contributed by atoms with Crippen LogP contribution >= 0.6 is 0 Å². The summed E-state index contributed by atoms with van der Waals surface area (Å²) in [7, 11) is 0. The Balaban J connectivity index is 1.36. The summed E-state index contributed by atoms with van der Waals surface area (Å²) in [5.74, 6) is 1.44. The molecule has 0 heterocycles. The lowest BCUT2D eigenvalue weighted by Gasteiger charge is -2.22. The largest absolute Gasteiger partial charge is 0.600 e. The molecule has 0 bridgehead atoms. The highest BCUT2D eigenvalue weighted by Crippen LogP contribution is 2.09. The SMILES string of the molecule is [O-][NH+](Cc1cccc([NH+]([O-])OCCOc2ccccc2)c1)OCCOc1ccccc1. The van der Waals surface area contributed by atoms with E-state index in [4.69, 9.17) is 19.1 Å². The smallest absolute Gasteiger partial charge is 0.164 e. The minimum Gasteiger partial charge on any atom is -0.600 e. The quantitative estimate of drug-likeness (QED) is 0.319. The molecule has 2 unspecified atom stereocenters. The van der Waals surface area contributed by atoms with Crippen molar-refractivity contribution in [3.05, 3.63) is 101 Å². The summed E-state index contributed by atoms with van der Waals surface area (Å²) in [6, 6.07) is 25.3. The second-order valence-corrected chi connectivity index (χ2v) is 6.56. The number of hydroxylamine groups is 2. The Morgan fingerprint density at radius 3 is 1.81 bits per heavy atom. The van der Waals surface area contributed by atoms with E-state index in [9.17, 15) is 10.4 Å². The first-order chi connectivity index (χ1) is 15.2. The fraction of sp³-hybridized carbons (Fsp3) is 0.217. The maximum absolute atomic E-state index is 12.2. The molecular weight excluding hydrogens is 400 g/mol. The average molecular weight is 426 g/mol. The molecule has 164 valence electrons. The van der Waals surface area contributed by atoms with Crippen LogP contribution in [0.2, 0.25) is 0 Å². The van der Waals surface area contributed by atoms with Crippen molar-refractivity contribution in [1.82, 2.24) is 0 Å². The first-order valence-corrected chi connectivity index (χ1v) is 9.98. The summed E-state index contributed by atoms with van der Waals surface area (Å²) < 4.78 is 11.0. The van der Waals surface area contributed by atoms with Crippen molar-refractivity contribution in [1.29, 1.82) is 0 Å². The van der Waals surface area contributed by atoms with Gasteiger partial charge in [-0.05, 0) is 24.3 Å². The predicted molar refractivity (Wildman–Crippen MR) is 114 cm³/mol. The van der Waals surface area contributed by atoms with Gasteiger partial charge >= 0.3 is 0 Å². The number of hydrogen-bond donors (Lipinski definition) is 2. The summed E-state index contributed by atoms with van der Waals surface area (Å²) in [6.07, 6.45) is 0. The topological polar surface area (TPSA) is 91.9 Å². The lowest BCUT2D eigenvalue weighted by Crippen LogP contribution is -3.05. The van der Waals surface area contributed by atoms with Crippen LogP contribution in [0.3, 0.4) is 0 Å². The lowest BCUT2D eigenvalue weighted by molar-refractivity contribution is -1.06. The molecule has 0 fully saturated rings. The van der Waals surface area contributed by atoms with Crippen LogP contribution in [0.15, 0.2) is 84.9 Å². The maximum Gasteiger partial charge on any atom is 0.164 e. The summed E-state index contributed by atoms with van der Waals surface area (Å²) >= 11 is 0. The van der Waals surface area contributed by atoms with Gasteiger partial charge in [0.15, 0.2) is 5.69 Å². The van der Waals surface area contributed by atoms with Gasteiger partial charge in [0.05, 0.1) is 0 Å². The van der Waals surface area contributed by atoms with Crippen LogP contribution < -0.4 is 19.9 Å². The third-order valence-corrected chi connectivity index (χ3v) is 4.20. The van der Waals surface area contributed by atoms with E-state index in [0.717, 1.165) is 5.75 Å². The normalized spacial score (nSPS) is 12.8. The molecule has 0 amide bonds. The Labute approximate surface area is 181 Å². The molecule has 2 atom stereocenters. The molecule has 0 spiro atoms. The van der Waals surface area contributed by atoms with Crippen molar-refractivity contribution in [3.63, 3.8) is 0 Å². The minimum atomic E-state index is -0.469. The van der Waals surface area contributed by atoms with Crippen molar-refractivity contribution < 1.29 is 29.6 Å². The Kier molecular flexibility index (Phi) is 9.27. The summed E-state index contributed by atoms with van der Waals surface area (Å²) in [5.41, 5.74) is 1.04. The highest BCUT2D eigenvalue weighted by Gasteiger charge is 2.08. The molecule has 0 saturated heterocycles. The fourth-order valence-corrected chi connectivity index (χ4v) is 2.75. The molecule has 0 saturated carbocycles. The molecule has 3 aromatic rings. The number of nitrogens with one attached hydrogen (secondary N) is 2. The van der Waals surface area contributed by atoms with Crippen LogP contribution in [-0.2, 0) is 16.2 Å². The van der Waals surface area contributed by atoms with Crippen LogP contribution in [0.4, 0.5) is 5.69 Å². The monoisotopic (exact) mass is 426 g/mol. The molecule has 0 aliphatic carbocycles. The third-order valence-electron chi connectivity index (χ3n) is 4.20. The Bertz CT molecular complexity index is 882. The summed E-state index contributed by atoms with van der Waals surface area (Å²) in [5, 5.41) is 23.4. The Morgan fingerprint density at radius 1 is 0.613 bits per heavy atom. The second-order valence-electron chi connectivity index (χ2n) is 6.56. The van der Waals surface area contributed by atoms with E-state index < -0.39 is 10.5 Å². The molecule has 31 heavy (non-hydrogen) atoms. The van der Waals surface area contributed by atoms with E-state index in [1.54, 1.807) is 24.3 Å². The number of benzene rings is 3. The van der Waals surface area contributed by atoms with E-state index in [0.29, 0.717) is 17.0 Å². The van der Waals surface area contributed by atoms with Gasteiger partial charge in [0.2, 0.25) is 0 Å². The van der Waals surface area contributed by atoms with Gasteiger partial charge in [-0.15, -0.1) is 0 Å². The molecule has 3 aromatic carbocycles. The highest BCUT2D eigenvalue weighted by atomic mass is 16.9. The standard InChI is InChI=1S/C23H26N2O6/c26-24(30-16-14-28-22-10-3-1-4-11-22)19-20-8-7-9-21(18-20)25(27)31-17-15-29-23-12-5-2-6-13-23/h1-13,18,24-25H,14-17,19H2. The third kappa shape index (κ3) is 8.35. The zero-order valence-electron chi connectivity index (χ0n) is 17.1. The van der Waals surface area contributed by atoms with Gasteiger partial charge in [0, 0.05) is 17.7 Å². The highest BCUT2D eigenvalue weighted by molar-refractivity contribution is 5.33. The van der Waals surface area contributed by atoms with E-state index in [1.165, 1.54) is 0 Å². The molecule has 8 heteroatoms. The number of ether oxygens (including phenoxy) is 2. The van der Waals surface area contributed by atoms with Crippen LogP contribution in [0, 0.1) is 10.4 Å². The fourth-order valence-electron chi connectivity index (χ4n) is 2.75. The second kappa shape index (κ2) is 12.7. The molecular formula is C23H26N2O6. The molecule has 3 rings (SSSR count). The molecule has 2 N–H and O–H groups in total. The van der Waals surface area contributed by atoms with Gasteiger partial charge in [0.25, 0.3) is 0 Å². The number of rotatable bonds is 13. The van der Waals surface area contributed by atoms with Gasteiger partial charge in [-0.2, -0.15) is 10.1 Å². The van der Waals surface area contributed by atoms with Crippen LogP contribution in [0.5, 0.6) is 11.5 Å². The van der Waals surface area contributed by atoms with Gasteiger partial charge in [0.1, 0.15) is 44.5 Å². The molecule has 0 aromatic heterocycles. The number of hydrogen-bond acceptors (Lipinski definition) is 6.